The van der Waals surface area contributed by atoms with Gasteiger partial charge in [-0.25, -0.2) is 12.7 Å². The van der Waals surface area contributed by atoms with Gasteiger partial charge in [-0.15, -0.1) is 12.4 Å². The summed E-state index contributed by atoms with van der Waals surface area (Å²) in [6.07, 6.45) is 1.55. The number of hydrogen-bond donors (Lipinski definition) is 2. The first-order valence-corrected chi connectivity index (χ1v) is 8.60. The first kappa shape index (κ1) is 17.7. The van der Waals surface area contributed by atoms with Crippen LogP contribution in [0.5, 0.6) is 0 Å². The van der Waals surface area contributed by atoms with E-state index in [1.54, 1.807) is 6.92 Å². The van der Waals surface area contributed by atoms with E-state index in [0.29, 0.717) is 25.6 Å². The fourth-order valence-corrected chi connectivity index (χ4v) is 3.65. The third-order valence-corrected chi connectivity index (χ3v) is 5.79. The van der Waals surface area contributed by atoms with Gasteiger partial charge in [-0.2, -0.15) is 0 Å². The highest BCUT2D eigenvalue weighted by atomic mass is 35.5. The third kappa shape index (κ3) is 4.31. The zero-order chi connectivity index (χ0) is 13.9. The Morgan fingerprint density at radius 2 is 2.10 bits per heavy atom. The Kier molecular flexibility index (Phi) is 6.71. The summed E-state index contributed by atoms with van der Waals surface area (Å²) in [4.78, 5) is 12.1. The van der Waals surface area contributed by atoms with Crippen molar-refractivity contribution >= 4 is 28.3 Å². The largest absolute Gasteiger partial charge is 0.355 e. The van der Waals surface area contributed by atoms with E-state index in [2.05, 4.69) is 10.6 Å². The van der Waals surface area contributed by atoms with Crippen LogP contribution in [0.2, 0.25) is 0 Å². The molecule has 0 aliphatic carbocycles. The highest BCUT2D eigenvalue weighted by Crippen LogP contribution is 2.19. The molecule has 2 fully saturated rings. The molecule has 0 aromatic heterocycles. The number of rotatable bonds is 5. The van der Waals surface area contributed by atoms with E-state index in [-0.39, 0.29) is 30.0 Å². The fourth-order valence-electron chi connectivity index (χ4n) is 2.47. The first-order chi connectivity index (χ1) is 9.03. The predicted molar refractivity (Wildman–Crippen MR) is 80.4 cm³/mol. The zero-order valence-corrected chi connectivity index (χ0v) is 13.4. The van der Waals surface area contributed by atoms with Gasteiger partial charge in [0.2, 0.25) is 15.9 Å². The van der Waals surface area contributed by atoms with Crippen LogP contribution in [0.25, 0.3) is 0 Å². The molecule has 6 nitrogen and oxygen atoms in total. The number of amides is 1. The van der Waals surface area contributed by atoms with Gasteiger partial charge in [-0.05, 0) is 19.8 Å². The highest BCUT2D eigenvalue weighted by Gasteiger charge is 2.31. The molecule has 0 aromatic rings. The molecule has 1 amide bonds. The number of hydrogen-bond acceptors (Lipinski definition) is 4. The smallest absolute Gasteiger partial charge is 0.224 e. The van der Waals surface area contributed by atoms with Crippen molar-refractivity contribution in [2.45, 2.75) is 19.8 Å². The Balaban J connectivity index is 0.00000200. The number of nitrogens with one attached hydrogen (secondary N) is 2. The summed E-state index contributed by atoms with van der Waals surface area (Å²) >= 11 is 0. The molecular weight excluding hydrogens is 302 g/mol. The molecule has 0 saturated carbocycles. The van der Waals surface area contributed by atoms with Gasteiger partial charge < -0.3 is 10.6 Å². The second-order valence-corrected chi connectivity index (χ2v) is 7.62. The van der Waals surface area contributed by atoms with Crippen LogP contribution in [0.3, 0.4) is 0 Å². The molecule has 8 heteroatoms. The van der Waals surface area contributed by atoms with Gasteiger partial charge in [0.15, 0.2) is 0 Å². The van der Waals surface area contributed by atoms with E-state index in [9.17, 15) is 13.2 Å². The summed E-state index contributed by atoms with van der Waals surface area (Å²) < 4.78 is 25.1. The summed E-state index contributed by atoms with van der Waals surface area (Å²) in [5.74, 6) is 0.448. The molecule has 2 aliphatic heterocycles. The van der Waals surface area contributed by atoms with Crippen molar-refractivity contribution in [3.05, 3.63) is 0 Å². The molecule has 0 aromatic carbocycles. The van der Waals surface area contributed by atoms with Crippen molar-refractivity contribution in [1.82, 2.24) is 14.9 Å². The summed E-state index contributed by atoms with van der Waals surface area (Å²) in [7, 11) is -3.17. The van der Waals surface area contributed by atoms with Crippen LogP contribution in [0.15, 0.2) is 0 Å². The van der Waals surface area contributed by atoms with Gasteiger partial charge in [-0.3, -0.25) is 4.79 Å². The molecule has 0 bridgehead atoms. The summed E-state index contributed by atoms with van der Waals surface area (Å²) in [6.45, 7) is 5.14. The first-order valence-electron chi connectivity index (χ1n) is 6.99. The van der Waals surface area contributed by atoms with E-state index in [0.717, 1.165) is 25.9 Å². The summed E-state index contributed by atoms with van der Waals surface area (Å²) in [6, 6.07) is 0. The van der Waals surface area contributed by atoms with Gasteiger partial charge in [0.1, 0.15) is 0 Å². The van der Waals surface area contributed by atoms with Gasteiger partial charge in [-0.1, -0.05) is 0 Å². The summed E-state index contributed by atoms with van der Waals surface area (Å²) in [5, 5.41) is 6.10. The van der Waals surface area contributed by atoms with E-state index in [4.69, 9.17) is 0 Å². The van der Waals surface area contributed by atoms with Crippen LogP contribution in [-0.4, -0.2) is 57.1 Å². The van der Waals surface area contributed by atoms with Gasteiger partial charge >= 0.3 is 0 Å². The van der Waals surface area contributed by atoms with E-state index in [1.165, 1.54) is 4.31 Å². The molecule has 1 atom stereocenters. The van der Waals surface area contributed by atoms with Crippen LogP contribution in [-0.2, 0) is 14.8 Å². The molecule has 2 aliphatic rings. The van der Waals surface area contributed by atoms with Crippen molar-refractivity contribution in [3.8, 4) is 0 Å². The normalized spacial score (nSPS) is 24.6. The molecule has 2 rings (SSSR count). The molecule has 20 heavy (non-hydrogen) atoms. The lowest BCUT2D eigenvalue weighted by Gasteiger charge is -2.32. The van der Waals surface area contributed by atoms with Gasteiger partial charge in [0.05, 0.1) is 11.7 Å². The zero-order valence-electron chi connectivity index (χ0n) is 11.8. The molecule has 0 radical (unpaired) electrons. The van der Waals surface area contributed by atoms with Crippen molar-refractivity contribution in [3.63, 3.8) is 0 Å². The maximum Gasteiger partial charge on any atom is 0.224 e. The lowest BCUT2D eigenvalue weighted by molar-refractivity contribution is -0.126. The van der Waals surface area contributed by atoms with Crippen LogP contribution in [0.4, 0.5) is 0 Å². The molecule has 1 unspecified atom stereocenters. The van der Waals surface area contributed by atoms with E-state index >= 15 is 0 Å². The molecule has 2 saturated heterocycles. The van der Waals surface area contributed by atoms with Crippen LogP contribution in [0, 0.1) is 11.8 Å². The lowest BCUT2D eigenvalue weighted by atomic mass is 9.98. The van der Waals surface area contributed by atoms with Crippen LogP contribution < -0.4 is 10.6 Å². The number of piperidine rings is 1. The van der Waals surface area contributed by atoms with Gasteiger partial charge in [0.25, 0.3) is 0 Å². The topological polar surface area (TPSA) is 78.5 Å². The number of sulfonamides is 1. The Morgan fingerprint density at radius 3 is 2.65 bits per heavy atom. The Hall–Kier alpha value is -0.370. The molecule has 0 spiro atoms. The minimum Gasteiger partial charge on any atom is -0.355 e. The fraction of sp³-hybridized carbons (Fsp3) is 0.917. The Morgan fingerprint density at radius 1 is 1.40 bits per heavy atom. The second kappa shape index (κ2) is 7.59. The monoisotopic (exact) mass is 325 g/mol. The lowest BCUT2D eigenvalue weighted by Crippen LogP contribution is -2.51. The quantitative estimate of drug-likeness (QED) is 0.734. The van der Waals surface area contributed by atoms with Gasteiger partial charge in [0, 0.05) is 38.6 Å². The van der Waals surface area contributed by atoms with Crippen molar-refractivity contribution in [2.75, 3.05) is 38.5 Å². The van der Waals surface area contributed by atoms with E-state index in [1.807, 2.05) is 0 Å². The highest BCUT2D eigenvalue weighted by molar-refractivity contribution is 7.89. The number of carbonyl (C=O) groups excluding carboxylic acids is 1. The third-order valence-electron chi connectivity index (χ3n) is 3.94. The van der Waals surface area contributed by atoms with E-state index < -0.39 is 10.0 Å². The van der Waals surface area contributed by atoms with Crippen LogP contribution in [0.1, 0.15) is 19.8 Å². The van der Waals surface area contributed by atoms with Crippen LogP contribution >= 0.6 is 12.4 Å². The maximum absolute atomic E-state index is 12.1. The Bertz CT molecular complexity index is 426. The van der Waals surface area contributed by atoms with Crippen molar-refractivity contribution < 1.29 is 13.2 Å². The minimum atomic E-state index is -3.17. The molecule has 2 heterocycles. The predicted octanol–water partition coefficient (Wildman–Crippen LogP) is -0.194. The number of nitrogens with zero attached hydrogens (tertiary/aromatic N) is 1. The molecule has 118 valence electrons. The average molecular weight is 326 g/mol. The standard InChI is InChI=1S/C12H23N3O3S.ClH/c1-2-19(17,18)15-5-3-4-11(9-15)12(16)14-8-10-6-13-7-10;/h10-11,13H,2-9H2,1H3,(H,14,16);1H. The number of carbonyl (C=O) groups is 1. The summed E-state index contributed by atoms with van der Waals surface area (Å²) in [5.41, 5.74) is 0. The van der Waals surface area contributed by atoms with Crippen molar-refractivity contribution in [2.24, 2.45) is 11.8 Å². The Labute approximate surface area is 127 Å². The molecular formula is C12H24ClN3O3S. The number of halogens is 1. The SMILES string of the molecule is CCS(=O)(=O)N1CCCC(C(=O)NCC2CNC2)C1.Cl. The minimum absolute atomic E-state index is 0. The second-order valence-electron chi connectivity index (χ2n) is 5.37. The molecule has 2 N–H and O–H groups in total. The maximum atomic E-state index is 12.1. The average Bonchev–Trinajstić information content (AvgIpc) is 2.37. The van der Waals surface area contributed by atoms with Crippen molar-refractivity contribution in [1.29, 1.82) is 0 Å².